The molecule has 0 amide bonds. The van der Waals surface area contributed by atoms with E-state index < -0.39 is 5.97 Å². The summed E-state index contributed by atoms with van der Waals surface area (Å²) < 4.78 is 1.85. The van der Waals surface area contributed by atoms with Gasteiger partial charge in [-0.3, -0.25) is 9.48 Å². The highest BCUT2D eigenvalue weighted by Gasteiger charge is 2.10. The maximum atomic E-state index is 10.4. The van der Waals surface area contributed by atoms with Gasteiger partial charge in [0.2, 0.25) is 0 Å². The summed E-state index contributed by atoms with van der Waals surface area (Å²) in [7, 11) is 0. The van der Waals surface area contributed by atoms with Crippen molar-refractivity contribution < 1.29 is 9.90 Å². The average Bonchev–Trinajstić information content (AvgIpc) is 2.61. The highest BCUT2D eigenvalue weighted by molar-refractivity contribution is 5.66. The molecule has 0 spiro atoms. The lowest BCUT2D eigenvalue weighted by atomic mass is 10.1. The van der Waals surface area contributed by atoms with Crippen LogP contribution in [0.4, 0.5) is 0 Å². The van der Waals surface area contributed by atoms with Crippen molar-refractivity contribution in [1.82, 2.24) is 9.78 Å². The van der Waals surface area contributed by atoms with Crippen molar-refractivity contribution >= 4 is 5.97 Å². The first kappa shape index (κ1) is 12.7. The number of carbonyl (C=O) groups is 1. The van der Waals surface area contributed by atoms with Crippen LogP contribution in [0.5, 0.6) is 0 Å². The van der Waals surface area contributed by atoms with Crippen LogP contribution in [0.1, 0.15) is 38.3 Å². The molecule has 1 unspecified atom stereocenters. The Morgan fingerprint density at radius 2 is 2.31 bits per heavy atom. The molecule has 16 heavy (non-hydrogen) atoms. The third kappa shape index (κ3) is 4.02. The molecule has 1 heterocycles. The predicted molar refractivity (Wildman–Crippen MR) is 60.9 cm³/mol. The summed E-state index contributed by atoms with van der Waals surface area (Å²) in [6.45, 7) is 5.09. The number of aromatic nitrogens is 2. The van der Waals surface area contributed by atoms with Crippen molar-refractivity contribution in [3.63, 3.8) is 0 Å². The van der Waals surface area contributed by atoms with E-state index in [9.17, 15) is 4.79 Å². The molecule has 90 valence electrons. The lowest BCUT2D eigenvalue weighted by molar-refractivity contribution is -0.137. The summed E-state index contributed by atoms with van der Waals surface area (Å²) in [4.78, 5) is 10.4. The van der Waals surface area contributed by atoms with Gasteiger partial charge in [0.25, 0.3) is 0 Å². The molecular weight excluding hydrogens is 206 g/mol. The summed E-state index contributed by atoms with van der Waals surface area (Å²) in [5.41, 5.74) is 6.78. The fourth-order valence-corrected chi connectivity index (χ4v) is 1.49. The van der Waals surface area contributed by atoms with E-state index in [0.717, 1.165) is 12.1 Å². The largest absolute Gasteiger partial charge is 0.481 e. The van der Waals surface area contributed by atoms with Gasteiger partial charge < -0.3 is 10.8 Å². The van der Waals surface area contributed by atoms with E-state index in [1.54, 1.807) is 6.20 Å². The van der Waals surface area contributed by atoms with Gasteiger partial charge >= 0.3 is 5.97 Å². The summed E-state index contributed by atoms with van der Waals surface area (Å²) in [6, 6.07) is -0.239. The number of nitrogens with two attached hydrogens (primary N) is 1. The van der Waals surface area contributed by atoms with Gasteiger partial charge in [0.15, 0.2) is 0 Å². The molecule has 5 heteroatoms. The van der Waals surface area contributed by atoms with Crippen LogP contribution in [0.3, 0.4) is 0 Å². The second kappa shape index (κ2) is 5.65. The van der Waals surface area contributed by atoms with Crippen molar-refractivity contribution in [2.45, 2.75) is 39.3 Å². The zero-order valence-electron chi connectivity index (χ0n) is 9.76. The summed E-state index contributed by atoms with van der Waals surface area (Å²) >= 11 is 0. The Labute approximate surface area is 95.3 Å². The van der Waals surface area contributed by atoms with E-state index in [-0.39, 0.29) is 12.5 Å². The van der Waals surface area contributed by atoms with Crippen LogP contribution >= 0.6 is 0 Å². The summed E-state index contributed by atoms with van der Waals surface area (Å²) in [6.07, 6.45) is 4.15. The summed E-state index contributed by atoms with van der Waals surface area (Å²) in [5, 5.41) is 12.8. The zero-order valence-corrected chi connectivity index (χ0v) is 9.76. The van der Waals surface area contributed by atoms with E-state index in [1.165, 1.54) is 0 Å². The molecule has 0 bridgehead atoms. The van der Waals surface area contributed by atoms with E-state index in [1.807, 2.05) is 10.9 Å². The number of rotatable bonds is 6. The number of hydrogen-bond donors (Lipinski definition) is 2. The Morgan fingerprint density at radius 1 is 1.62 bits per heavy atom. The van der Waals surface area contributed by atoms with Crippen molar-refractivity contribution in [1.29, 1.82) is 0 Å². The molecule has 0 aliphatic rings. The molecular formula is C11H19N3O2. The van der Waals surface area contributed by atoms with Crippen molar-refractivity contribution in [2.24, 2.45) is 11.7 Å². The number of carboxylic acids is 1. The zero-order chi connectivity index (χ0) is 12.1. The molecule has 0 aliphatic carbocycles. The predicted octanol–water partition coefficient (Wildman–Crippen LogP) is 1.40. The number of aliphatic carboxylic acids is 1. The Balaban J connectivity index is 2.52. The maximum absolute atomic E-state index is 10.4. The van der Waals surface area contributed by atoms with Gasteiger partial charge in [0.05, 0.1) is 6.20 Å². The molecule has 1 aromatic rings. The molecule has 0 fully saturated rings. The highest BCUT2D eigenvalue weighted by atomic mass is 16.4. The minimum absolute atomic E-state index is 0.0938. The first-order valence-electron chi connectivity index (χ1n) is 5.48. The van der Waals surface area contributed by atoms with Crippen LogP contribution in [0.15, 0.2) is 12.4 Å². The van der Waals surface area contributed by atoms with E-state index in [4.69, 9.17) is 10.8 Å². The Hall–Kier alpha value is -1.36. The third-order valence-corrected chi connectivity index (χ3v) is 2.30. The first-order valence-corrected chi connectivity index (χ1v) is 5.48. The molecule has 0 radical (unpaired) electrons. The quantitative estimate of drug-likeness (QED) is 0.766. The molecule has 0 aromatic carbocycles. The molecule has 0 saturated heterocycles. The molecule has 0 saturated carbocycles. The fourth-order valence-electron chi connectivity index (χ4n) is 1.49. The molecule has 5 nitrogen and oxygen atoms in total. The minimum Gasteiger partial charge on any atom is -0.481 e. The number of hydrogen-bond acceptors (Lipinski definition) is 3. The Bertz CT molecular complexity index is 347. The van der Waals surface area contributed by atoms with Crippen molar-refractivity contribution in [3.8, 4) is 0 Å². The maximum Gasteiger partial charge on any atom is 0.303 e. The second-order valence-electron chi connectivity index (χ2n) is 4.43. The van der Waals surface area contributed by atoms with E-state index in [0.29, 0.717) is 12.3 Å². The van der Waals surface area contributed by atoms with Crippen molar-refractivity contribution in [2.75, 3.05) is 0 Å². The van der Waals surface area contributed by atoms with Gasteiger partial charge in [-0.05, 0) is 12.3 Å². The Kier molecular flexibility index (Phi) is 4.49. The van der Waals surface area contributed by atoms with Crippen LogP contribution in [0.2, 0.25) is 0 Å². The molecule has 1 atom stereocenters. The third-order valence-electron chi connectivity index (χ3n) is 2.30. The molecule has 1 aromatic heterocycles. The highest BCUT2D eigenvalue weighted by Crippen LogP contribution is 2.15. The molecule has 3 N–H and O–H groups in total. The van der Waals surface area contributed by atoms with Gasteiger partial charge in [-0.2, -0.15) is 5.10 Å². The monoisotopic (exact) mass is 225 g/mol. The van der Waals surface area contributed by atoms with Crippen LogP contribution < -0.4 is 5.73 Å². The molecule has 1 rings (SSSR count). The van der Waals surface area contributed by atoms with Crippen LogP contribution in [-0.2, 0) is 11.3 Å². The number of carboxylic acid groups (broad SMARTS) is 1. The van der Waals surface area contributed by atoms with E-state index >= 15 is 0 Å². The van der Waals surface area contributed by atoms with Crippen LogP contribution in [0, 0.1) is 5.92 Å². The van der Waals surface area contributed by atoms with E-state index in [2.05, 4.69) is 18.9 Å². The lowest BCUT2D eigenvalue weighted by Gasteiger charge is -2.07. The van der Waals surface area contributed by atoms with Crippen LogP contribution in [-0.4, -0.2) is 20.9 Å². The van der Waals surface area contributed by atoms with Gasteiger partial charge in [-0.15, -0.1) is 0 Å². The fraction of sp³-hybridized carbons (Fsp3) is 0.636. The standard InChI is InChI=1S/C11H19N3O2/c1-8(2)6-14-7-9(5-13-14)10(12)3-4-11(15)16/h5,7-8,10H,3-4,6,12H2,1-2H3,(H,15,16). The van der Waals surface area contributed by atoms with Crippen molar-refractivity contribution in [3.05, 3.63) is 18.0 Å². The van der Waals surface area contributed by atoms with Crippen LogP contribution in [0.25, 0.3) is 0 Å². The lowest BCUT2D eigenvalue weighted by Crippen LogP contribution is -2.11. The first-order chi connectivity index (χ1) is 7.49. The number of nitrogens with zero attached hydrogens (tertiary/aromatic N) is 2. The van der Waals surface area contributed by atoms with Gasteiger partial charge in [-0.25, -0.2) is 0 Å². The average molecular weight is 225 g/mol. The Morgan fingerprint density at radius 3 is 2.88 bits per heavy atom. The normalized spacial score (nSPS) is 13.0. The van der Waals surface area contributed by atoms with Gasteiger partial charge in [0, 0.05) is 30.8 Å². The SMILES string of the molecule is CC(C)Cn1cc(C(N)CCC(=O)O)cn1. The topological polar surface area (TPSA) is 81.1 Å². The van der Waals surface area contributed by atoms with Gasteiger partial charge in [0.1, 0.15) is 0 Å². The minimum atomic E-state index is -0.815. The second-order valence-corrected chi connectivity index (χ2v) is 4.43. The molecule has 0 aliphatic heterocycles. The van der Waals surface area contributed by atoms with Gasteiger partial charge in [-0.1, -0.05) is 13.8 Å². The summed E-state index contributed by atoms with van der Waals surface area (Å²) in [5.74, 6) is -0.284. The smallest absolute Gasteiger partial charge is 0.303 e.